The highest BCUT2D eigenvalue weighted by Crippen LogP contribution is 2.13. The Hall–Kier alpha value is -0.570. The lowest BCUT2D eigenvalue weighted by Crippen LogP contribution is -2.35. The molecule has 1 atom stereocenters. The predicted octanol–water partition coefficient (Wildman–Crippen LogP) is 5.34. The van der Waals surface area contributed by atoms with E-state index in [1.54, 1.807) is 0 Å². The number of unbranched alkanes of at least 4 members (excludes halogenated alkanes) is 13. The molecule has 1 heterocycles. The maximum Gasteiger partial charge on any atom is 0.220 e. The van der Waals surface area contributed by atoms with E-state index in [-0.39, 0.29) is 5.91 Å². The molecule has 1 saturated heterocycles. The number of carbonyl (C=O) groups excluding carboxylic acids is 1. The SMILES string of the molecule is CCCCCCCCCCCCCCCCC(=O)NC1CCNC1. The van der Waals surface area contributed by atoms with Crippen molar-refractivity contribution in [3.63, 3.8) is 0 Å². The summed E-state index contributed by atoms with van der Waals surface area (Å²) in [6.45, 7) is 4.28. The number of hydrogen-bond donors (Lipinski definition) is 2. The van der Waals surface area contributed by atoms with Crippen LogP contribution in [0.4, 0.5) is 0 Å². The fraction of sp³-hybridized carbons (Fsp3) is 0.952. The molecular formula is C21H42N2O. The van der Waals surface area contributed by atoms with Gasteiger partial charge in [-0.3, -0.25) is 4.79 Å². The maximum absolute atomic E-state index is 11.8. The summed E-state index contributed by atoms with van der Waals surface area (Å²) in [5, 5.41) is 6.41. The van der Waals surface area contributed by atoms with Crippen molar-refractivity contribution in [3.8, 4) is 0 Å². The third-order valence-corrected chi connectivity index (χ3v) is 5.18. The molecule has 0 aromatic rings. The van der Waals surface area contributed by atoms with Crippen molar-refractivity contribution < 1.29 is 4.79 Å². The lowest BCUT2D eigenvalue weighted by molar-refractivity contribution is -0.121. The van der Waals surface area contributed by atoms with Gasteiger partial charge in [-0.2, -0.15) is 0 Å². The summed E-state index contributed by atoms with van der Waals surface area (Å²) >= 11 is 0. The van der Waals surface area contributed by atoms with Gasteiger partial charge in [-0.25, -0.2) is 0 Å². The minimum absolute atomic E-state index is 0.252. The molecule has 0 bridgehead atoms. The molecule has 0 spiro atoms. The summed E-state index contributed by atoms with van der Waals surface area (Å²) < 4.78 is 0. The predicted molar refractivity (Wildman–Crippen MR) is 104 cm³/mol. The second-order valence-corrected chi connectivity index (χ2v) is 7.60. The number of amides is 1. The topological polar surface area (TPSA) is 41.1 Å². The van der Waals surface area contributed by atoms with Gasteiger partial charge in [0.05, 0.1) is 0 Å². The zero-order valence-electron chi connectivity index (χ0n) is 16.2. The first-order valence-electron chi connectivity index (χ1n) is 10.8. The van der Waals surface area contributed by atoms with Crippen LogP contribution in [0.25, 0.3) is 0 Å². The van der Waals surface area contributed by atoms with Crippen molar-refractivity contribution in [2.45, 2.75) is 116 Å². The van der Waals surface area contributed by atoms with Gasteiger partial charge < -0.3 is 10.6 Å². The van der Waals surface area contributed by atoms with Crippen molar-refractivity contribution in [2.75, 3.05) is 13.1 Å². The molecule has 142 valence electrons. The van der Waals surface area contributed by atoms with Gasteiger partial charge in [-0.05, 0) is 19.4 Å². The van der Waals surface area contributed by atoms with Gasteiger partial charge in [0, 0.05) is 19.0 Å². The van der Waals surface area contributed by atoms with Gasteiger partial charge in [0.1, 0.15) is 0 Å². The second-order valence-electron chi connectivity index (χ2n) is 7.60. The molecule has 2 N–H and O–H groups in total. The van der Waals surface area contributed by atoms with E-state index < -0.39 is 0 Å². The van der Waals surface area contributed by atoms with Crippen molar-refractivity contribution in [1.82, 2.24) is 10.6 Å². The first kappa shape index (κ1) is 21.5. The average molecular weight is 339 g/mol. The van der Waals surface area contributed by atoms with Gasteiger partial charge in [0.25, 0.3) is 0 Å². The Labute approximate surface area is 150 Å². The fourth-order valence-electron chi connectivity index (χ4n) is 3.56. The van der Waals surface area contributed by atoms with Crippen LogP contribution >= 0.6 is 0 Å². The molecule has 3 heteroatoms. The number of carbonyl (C=O) groups is 1. The zero-order chi connectivity index (χ0) is 17.3. The summed E-state index contributed by atoms with van der Waals surface area (Å²) in [4.78, 5) is 11.8. The van der Waals surface area contributed by atoms with Gasteiger partial charge >= 0.3 is 0 Å². The molecule has 1 amide bonds. The summed E-state index contributed by atoms with van der Waals surface area (Å²) in [7, 11) is 0. The van der Waals surface area contributed by atoms with Crippen LogP contribution in [0, 0.1) is 0 Å². The summed E-state index contributed by atoms with van der Waals surface area (Å²) in [6.07, 6.45) is 20.9. The van der Waals surface area contributed by atoms with E-state index in [4.69, 9.17) is 0 Å². The van der Waals surface area contributed by atoms with Crippen LogP contribution in [0.1, 0.15) is 110 Å². The molecule has 0 saturated carbocycles. The highest BCUT2D eigenvalue weighted by atomic mass is 16.1. The summed E-state index contributed by atoms with van der Waals surface area (Å²) in [5.74, 6) is 0.252. The molecule has 0 aromatic heterocycles. The van der Waals surface area contributed by atoms with Gasteiger partial charge in [-0.1, -0.05) is 90.4 Å². The molecule has 3 nitrogen and oxygen atoms in total. The van der Waals surface area contributed by atoms with Crippen LogP contribution in [-0.4, -0.2) is 25.0 Å². The first-order valence-corrected chi connectivity index (χ1v) is 10.8. The summed E-state index contributed by atoms with van der Waals surface area (Å²) in [5.41, 5.74) is 0. The Balaban J connectivity index is 1.72. The third kappa shape index (κ3) is 12.8. The quantitative estimate of drug-likeness (QED) is 0.373. The molecule has 1 aliphatic heterocycles. The normalized spacial score (nSPS) is 17.3. The number of rotatable bonds is 16. The molecule has 0 aromatic carbocycles. The molecular weight excluding hydrogens is 296 g/mol. The van der Waals surface area contributed by atoms with E-state index >= 15 is 0 Å². The standard InChI is InChI=1S/C21H42N2O/c1-2-3-4-5-6-7-8-9-10-11-12-13-14-15-16-21(24)23-20-17-18-22-19-20/h20,22H,2-19H2,1H3,(H,23,24). The first-order chi connectivity index (χ1) is 11.8. The lowest BCUT2D eigenvalue weighted by Gasteiger charge is -2.10. The van der Waals surface area contributed by atoms with E-state index in [2.05, 4.69) is 17.6 Å². The van der Waals surface area contributed by atoms with E-state index in [1.165, 1.54) is 83.5 Å². The minimum atomic E-state index is 0.252. The monoisotopic (exact) mass is 338 g/mol. The Morgan fingerprint density at radius 1 is 0.833 bits per heavy atom. The maximum atomic E-state index is 11.8. The largest absolute Gasteiger partial charge is 0.352 e. The number of nitrogens with one attached hydrogen (secondary N) is 2. The molecule has 1 fully saturated rings. The molecule has 24 heavy (non-hydrogen) atoms. The Bertz CT molecular complexity index is 288. The van der Waals surface area contributed by atoms with E-state index in [0.29, 0.717) is 12.5 Å². The Kier molecular flexibility index (Phi) is 14.3. The van der Waals surface area contributed by atoms with Crippen molar-refractivity contribution in [3.05, 3.63) is 0 Å². The summed E-state index contributed by atoms with van der Waals surface area (Å²) in [6, 6.07) is 0.379. The van der Waals surface area contributed by atoms with E-state index in [1.807, 2.05) is 0 Å². The van der Waals surface area contributed by atoms with Gasteiger partial charge in [0.15, 0.2) is 0 Å². The van der Waals surface area contributed by atoms with E-state index in [0.717, 1.165) is 25.9 Å². The highest BCUT2D eigenvalue weighted by molar-refractivity contribution is 5.76. The van der Waals surface area contributed by atoms with Gasteiger partial charge in [-0.15, -0.1) is 0 Å². The molecule has 1 rings (SSSR count). The van der Waals surface area contributed by atoms with Crippen molar-refractivity contribution in [1.29, 1.82) is 0 Å². The van der Waals surface area contributed by atoms with E-state index in [9.17, 15) is 4.79 Å². The van der Waals surface area contributed by atoms with Crippen molar-refractivity contribution >= 4 is 5.91 Å². The van der Waals surface area contributed by atoms with Crippen LogP contribution in [-0.2, 0) is 4.79 Å². The zero-order valence-corrected chi connectivity index (χ0v) is 16.2. The fourth-order valence-corrected chi connectivity index (χ4v) is 3.56. The third-order valence-electron chi connectivity index (χ3n) is 5.18. The van der Waals surface area contributed by atoms with Crippen LogP contribution in [0.5, 0.6) is 0 Å². The Morgan fingerprint density at radius 2 is 1.33 bits per heavy atom. The van der Waals surface area contributed by atoms with Crippen LogP contribution in [0.2, 0.25) is 0 Å². The molecule has 1 aliphatic rings. The smallest absolute Gasteiger partial charge is 0.220 e. The number of hydrogen-bond acceptors (Lipinski definition) is 2. The second kappa shape index (κ2) is 15.9. The lowest BCUT2D eigenvalue weighted by atomic mass is 10.0. The van der Waals surface area contributed by atoms with Gasteiger partial charge in [0.2, 0.25) is 5.91 Å². The minimum Gasteiger partial charge on any atom is -0.352 e. The van der Waals surface area contributed by atoms with Crippen LogP contribution < -0.4 is 10.6 Å². The Morgan fingerprint density at radius 3 is 1.79 bits per heavy atom. The molecule has 0 radical (unpaired) electrons. The average Bonchev–Trinajstić information content (AvgIpc) is 3.08. The van der Waals surface area contributed by atoms with Crippen LogP contribution in [0.3, 0.4) is 0 Å². The van der Waals surface area contributed by atoms with Crippen molar-refractivity contribution in [2.24, 2.45) is 0 Å². The molecule has 0 aliphatic carbocycles. The highest BCUT2D eigenvalue weighted by Gasteiger charge is 2.15. The van der Waals surface area contributed by atoms with Crippen LogP contribution in [0.15, 0.2) is 0 Å². The molecule has 1 unspecified atom stereocenters.